The Morgan fingerprint density at radius 2 is 1.93 bits per heavy atom. The molecular weight excluding hydrogens is 188 g/mol. The number of aryl methyl sites for hydroxylation is 2. The largest absolute Gasteiger partial charge is 0.383 e. The van der Waals surface area contributed by atoms with Crippen molar-refractivity contribution in [1.29, 1.82) is 0 Å². The van der Waals surface area contributed by atoms with Crippen molar-refractivity contribution < 1.29 is 0 Å². The van der Waals surface area contributed by atoms with Gasteiger partial charge in [-0.1, -0.05) is 6.07 Å². The third kappa shape index (κ3) is 1.79. The van der Waals surface area contributed by atoms with Gasteiger partial charge in [-0.3, -0.25) is 4.98 Å². The van der Waals surface area contributed by atoms with Crippen LogP contribution in [0.5, 0.6) is 0 Å². The number of nitrogens with two attached hydrogens (primary N) is 1. The third-order valence-corrected chi connectivity index (χ3v) is 2.15. The predicted octanol–water partition coefficient (Wildman–Crippen LogP) is 1.74. The molecule has 0 spiro atoms. The molecule has 0 aliphatic carbocycles. The van der Waals surface area contributed by atoms with Crippen molar-refractivity contribution in [2.45, 2.75) is 13.8 Å². The Balaban J connectivity index is 2.64. The molecule has 0 radical (unpaired) electrons. The van der Waals surface area contributed by atoms with Gasteiger partial charge in [-0.2, -0.15) is 0 Å². The Bertz CT molecular complexity index is 456. The van der Waals surface area contributed by atoms with Crippen molar-refractivity contribution in [3.63, 3.8) is 0 Å². The molecule has 0 atom stereocenters. The molecule has 0 amide bonds. The zero-order valence-electron chi connectivity index (χ0n) is 8.73. The van der Waals surface area contributed by atoms with Gasteiger partial charge in [0.05, 0.1) is 17.0 Å². The van der Waals surface area contributed by atoms with Crippen molar-refractivity contribution in [2.24, 2.45) is 0 Å². The van der Waals surface area contributed by atoms with E-state index in [1.165, 1.54) is 0 Å². The second kappa shape index (κ2) is 3.65. The summed E-state index contributed by atoms with van der Waals surface area (Å²) in [5.74, 6) is 1.17. The normalized spacial score (nSPS) is 10.3. The number of anilines is 1. The highest BCUT2D eigenvalue weighted by atomic mass is 15.0. The number of pyridine rings is 1. The lowest BCUT2D eigenvalue weighted by molar-refractivity contribution is 1.02. The smallest absolute Gasteiger partial charge is 0.136 e. The van der Waals surface area contributed by atoms with Crippen LogP contribution in [-0.4, -0.2) is 15.0 Å². The summed E-state index contributed by atoms with van der Waals surface area (Å²) in [6.07, 6.45) is 1.73. The molecule has 0 saturated carbocycles. The summed E-state index contributed by atoms with van der Waals surface area (Å²) in [7, 11) is 0. The third-order valence-electron chi connectivity index (χ3n) is 2.15. The van der Waals surface area contributed by atoms with Gasteiger partial charge in [0.1, 0.15) is 11.6 Å². The van der Waals surface area contributed by atoms with Gasteiger partial charge < -0.3 is 5.73 Å². The molecule has 2 rings (SSSR count). The topological polar surface area (TPSA) is 64.7 Å². The first-order valence-electron chi connectivity index (χ1n) is 4.70. The van der Waals surface area contributed by atoms with E-state index in [1.807, 2.05) is 32.0 Å². The molecule has 0 aromatic carbocycles. The first-order valence-corrected chi connectivity index (χ1v) is 4.70. The second-order valence-electron chi connectivity index (χ2n) is 3.33. The molecule has 0 unspecified atom stereocenters. The van der Waals surface area contributed by atoms with Crippen LogP contribution >= 0.6 is 0 Å². The van der Waals surface area contributed by atoms with Crippen molar-refractivity contribution in [2.75, 3.05) is 5.73 Å². The van der Waals surface area contributed by atoms with Gasteiger partial charge in [-0.05, 0) is 26.0 Å². The highest BCUT2D eigenvalue weighted by Gasteiger charge is 2.10. The number of aromatic nitrogens is 3. The Labute approximate surface area is 88.2 Å². The van der Waals surface area contributed by atoms with Crippen LogP contribution in [0, 0.1) is 13.8 Å². The maximum absolute atomic E-state index is 5.86. The van der Waals surface area contributed by atoms with Crippen LogP contribution in [0.15, 0.2) is 24.4 Å². The average Bonchev–Trinajstić information content (AvgIpc) is 2.17. The van der Waals surface area contributed by atoms with Gasteiger partial charge in [0.15, 0.2) is 0 Å². The molecule has 0 aliphatic rings. The fraction of sp³-hybridized carbons (Fsp3) is 0.182. The predicted molar refractivity (Wildman–Crippen MR) is 59.1 cm³/mol. The number of hydrogen-bond acceptors (Lipinski definition) is 4. The minimum atomic E-state index is 0.485. The maximum Gasteiger partial charge on any atom is 0.136 e. The van der Waals surface area contributed by atoms with Gasteiger partial charge in [0.25, 0.3) is 0 Å². The van der Waals surface area contributed by atoms with E-state index in [2.05, 4.69) is 15.0 Å². The van der Waals surface area contributed by atoms with Gasteiger partial charge in [0.2, 0.25) is 0 Å². The molecule has 0 saturated heterocycles. The van der Waals surface area contributed by atoms with E-state index in [-0.39, 0.29) is 0 Å². The summed E-state index contributed by atoms with van der Waals surface area (Å²) in [6, 6.07) is 5.68. The quantitative estimate of drug-likeness (QED) is 0.761. The summed E-state index contributed by atoms with van der Waals surface area (Å²) in [5.41, 5.74) is 8.36. The number of nitrogen functional groups attached to an aromatic ring is 1. The summed E-state index contributed by atoms with van der Waals surface area (Å²) in [5, 5.41) is 0. The van der Waals surface area contributed by atoms with Crippen molar-refractivity contribution >= 4 is 5.82 Å². The summed E-state index contributed by atoms with van der Waals surface area (Å²) < 4.78 is 0. The van der Waals surface area contributed by atoms with E-state index in [4.69, 9.17) is 5.73 Å². The zero-order valence-corrected chi connectivity index (χ0v) is 8.73. The molecule has 0 fully saturated rings. The first-order chi connectivity index (χ1) is 7.18. The lowest BCUT2D eigenvalue weighted by atomic mass is 10.1. The van der Waals surface area contributed by atoms with Crippen LogP contribution in [0.25, 0.3) is 11.3 Å². The fourth-order valence-electron chi connectivity index (χ4n) is 1.57. The standard InChI is InChI=1S/C11H12N4/c1-7-10(9-5-3-4-6-13-9)11(12)15-8(2)14-7/h3-6H,1-2H3,(H2,12,14,15). The van der Waals surface area contributed by atoms with Crippen molar-refractivity contribution in [3.8, 4) is 11.3 Å². The van der Waals surface area contributed by atoms with Gasteiger partial charge >= 0.3 is 0 Å². The summed E-state index contributed by atoms with van der Waals surface area (Å²) in [6.45, 7) is 3.74. The van der Waals surface area contributed by atoms with E-state index < -0.39 is 0 Å². The molecule has 2 N–H and O–H groups in total. The van der Waals surface area contributed by atoms with Gasteiger partial charge in [0, 0.05) is 6.20 Å². The van der Waals surface area contributed by atoms with E-state index >= 15 is 0 Å². The number of rotatable bonds is 1. The summed E-state index contributed by atoms with van der Waals surface area (Å²) in [4.78, 5) is 12.7. The zero-order chi connectivity index (χ0) is 10.8. The van der Waals surface area contributed by atoms with Gasteiger partial charge in [-0.25, -0.2) is 9.97 Å². The molecule has 76 valence electrons. The SMILES string of the molecule is Cc1nc(C)c(-c2ccccn2)c(N)n1. The Morgan fingerprint density at radius 3 is 2.53 bits per heavy atom. The lowest BCUT2D eigenvalue weighted by Crippen LogP contribution is -2.02. The van der Waals surface area contributed by atoms with Crippen LogP contribution in [-0.2, 0) is 0 Å². The molecule has 2 aromatic heterocycles. The molecule has 4 nitrogen and oxygen atoms in total. The first kappa shape index (κ1) is 9.58. The van der Waals surface area contributed by atoms with E-state index in [0.29, 0.717) is 11.6 Å². The van der Waals surface area contributed by atoms with Gasteiger partial charge in [-0.15, -0.1) is 0 Å². The number of hydrogen-bond donors (Lipinski definition) is 1. The van der Waals surface area contributed by atoms with E-state index in [0.717, 1.165) is 17.0 Å². The minimum Gasteiger partial charge on any atom is -0.383 e. The molecule has 2 aromatic rings. The fourth-order valence-corrected chi connectivity index (χ4v) is 1.57. The van der Waals surface area contributed by atoms with Crippen LogP contribution in [0.1, 0.15) is 11.5 Å². The average molecular weight is 200 g/mol. The Morgan fingerprint density at radius 1 is 1.13 bits per heavy atom. The lowest BCUT2D eigenvalue weighted by Gasteiger charge is -2.07. The minimum absolute atomic E-state index is 0.485. The second-order valence-corrected chi connectivity index (χ2v) is 3.33. The van der Waals surface area contributed by atoms with E-state index in [9.17, 15) is 0 Å². The van der Waals surface area contributed by atoms with Crippen molar-refractivity contribution in [3.05, 3.63) is 35.9 Å². The molecule has 2 heterocycles. The molecular formula is C11H12N4. The van der Waals surface area contributed by atoms with Crippen molar-refractivity contribution in [1.82, 2.24) is 15.0 Å². The van der Waals surface area contributed by atoms with Crippen LogP contribution < -0.4 is 5.73 Å². The Kier molecular flexibility index (Phi) is 2.33. The Hall–Kier alpha value is -1.97. The molecule has 0 aliphatic heterocycles. The summed E-state index contributed by atoms with van der Waals surface area (Å²) >= 11 is 0. The van der Waals surface area contributed by atoms with Crippen LogP contribution in [0.4, 0.5) is 5.82 Å². The maximum atomic E-state index is 5.86. The molecule has 4 heteroatoms. The van der Waals surface area contributed by atoms with E-state index in [1.54, 1.807) is 6.20 Å². The highest BCUT2D eigenvalue weighted by Crippen LogP contribution is 2.24. The number of nitrogens with zero attached hydrogens (tertiary/aromatic N) is 3. The van der Waals surface area contributed by atoms with Crippen LogP contribution in [0.3, 0.4) is 0 Å². The molecule has 15 heavy (non-hydrogen) atoms. The molecule has 0 bridgehead atoms. The monoisotopic (exact) mass is 200 g/mol. The van der Waals surface area contributed by atoms with Crippen LogP contribution in [0.2, 0.25) is 0 Å². The highest BCUT2D eigenvalue weighted by molar-refractivity contribution is 5.72.